The fourth-order valence-electron chi connectivity index (χ4n) is 2.51. The van der Waals surface area contributed by atoms with Gasteiger partial charge in [-0.3, -0.25) is 9.69 Å². The van der Waals surface area contributed by atoms with Gasteiger partial charge < -0.3 is 5.32 Å². The Balaban J connectivity index is 1.78. The zero-order valence-electron chi connectivity index (χ0n) is 10.8. The van der Waals surface area contributed by atoms with Crippen LogP contribution in [0.15, 0.2) is 16.3 Å². The Hall–Kier alpha value is -1.16. The number of nitrogens with one attached hydrogen (secondary N) is 1. The van der Waals surface area contributed by atoms with E-state index >= 15 is 0 Å². The first-order valence-corrected chi connectivity index (χ1v) is 8.88. The molecule has 3 rings (SSSR count). The van der Waals surface area contributed by atoms with Gasteiger partial charge in [0, 0.05) is 13.1 Å². The van der Waals surface area contributed by atoms with E-state index in [1.54, 1.807) is 0 Å². The first-order chi connectivity index (χ1) is 9.89. The second-order valence-corrected chi connectivity index (χ2v) is 8.67. The molecule has 21 heavy (non-hydrogen) atoms. The van der Waals surface area contributed by atoms with Gasteiger partial charge in [-0.1, -0.05) is 11.6 Å². The van der Waals surface area contributed by atoms with Crippen LogP contribution >= 0.6 is 22.9 Å². The van der Waals surface area contributed by atoms with E-state index in [-0.39, 0.29) is 29.8 Å². The van der Waals surface area contributed by atoms with Crippen LogP contribution < -0.4 is 5.32 Å². The summed E-state index contributed by atoms with van der Waals surface area (Å²) in [5.41, 5.74) is 0. The number of hydrogen-bond acceptors (Lipinski definition) is 5. The largest absolute Gasteiger partial charge is 0.329 e. The highest BCUT2D eigenvalue weighted by Crippen LogP contribution is 2.30. The molecule has 0 saturated carbocycles. The molecule has 2 aliphatic heterocycles. The highest BCUT2D eigenvalue weighted by molar-refractivity contribution is 7.91. The fraction of sp³-hybridized carbons (Fsp3) is 0.455. The van der Waals surface area contributed by atoms with Crippen LogP contribution in [0.4, 0.5) is 4.79 Å². The molecule has 3 heterocycles. The summed E-state index contributed by atoms with van der Waals surface area (Å²) in [5.74, 6) is -0.316. The summed E-state index contributed by atoms with van der Waals surface area (Å²) in [5, 5.41) is 2.44. The smallest absolute Gasteiger partial charge is 0.324 e. The number of halogens is 1. The van der Waals surface area contributed by atoms with Crippen molar-refractivity contribution in [3.8, 4) is 0 Å². The first kappa shape index (κ1) is 14.8. The first-order valence-electron chi connectivity index (χ1n) is 6.25. The third-order valence-corrected chi connectivity index (χ3v) is 7.08. The minimum absolute atomic E-state index is 0.0252. The van der Waals surface area contributed by atoms with Crippen molar-refractivity contribution < 1.29 is 18.0 Å². The van der Waals surface area contributed by atoms with Gasteiger partial charge in [-0.05, 0) is 18.6 Å². The van der Waals surface area contributed by atoms with Crippen molar-refractivity contribution in [3.63, 3.8) is 0 Å². The van der Waals surface area contributed by atoms with E-state index in [1.165, 1.54) is 16.4 Å². The van der Waals surface area contributed by atoms with E-state index in [0.29, 0.717) is 10.8 Å². The lowest BCUT2D eigenvalue weighted by Gasteiger charge is -2.21. The number of amides is 3. The molecule has 1 atom stereocenters. The molecule has 2 saturated heterocycles. The zero-order valence-corrected chi connectivity index (χ0v) is 13.2. The molecule has 3 amide bonds. The molecule has 1 N–H and O–H groups in total. The molecule has 2 aliphatic rings. The predicted molar refractivity (Wildman–Crippen MR) is 76.7 cm³/mol. The normalized spacial score (nSPS) is 23.9. The van der Waals surface area contributed by atoms with E-state index in [0.717, 1.165) is 16.2 Å². The van der Waals surface area contributed by atoms with Gasteiger partial charge in [-0.25, -0.2) is 13.2 Å². The van der Waals surface area contributed by atoms with Gasteiger partial charge in [0.1, 0.15) is 4.21 Å². The summed E-state index contributed by atoms with van der Waals surface area (Å²) >= 11 is 6.77. The third kappa shape index (κ3) is 2.54. The van der Waals surface area contributed by atoms with Crippen LogP contribution in [-0.4, -0.2) is 55.2 Å². The highest BCUT2D eigenvalue weighted by Gasteiger charge is 2.42. The molecule has 0 aromatic carbocycles. The van der Waals surface area contributed by atoms with E-state index < -0.39 is 22.1 Å². The van der Waals surface area contributed by atoms with Crippen molar-refractivity contribution in [2.24, 2.45) is 0 Å². The number of imide groups is 1. The number of nitrogens with zero attached hydrogens (tertiary/aromatic N) is 2. The molecule has 0 radical (unpaired) electrons. The van der Waals surface area contributed by atoms with Crippen molar-refractivity contribution in [2.45, 2.75) is 16.7 Å². The molecular weight excluding hydrogens is 338 g/mol. The number of thiophene rings is 1. The average molecular weight is 350 g/mol. The second-order valence-electron chi connectivity index (χ2n) is 4.79. The Morgan fingerprint density at radius 3 is 2.67 bits per heavy atom. The lowest BCUT2D eigenvalue weighted by Crippen LogP contribution is -2.42. The topological polar surface area (TPSA) is 86.8 Å². The number of urea groups is 1. The SMILES string of the molecule is O=C1CNC(=O)N1C1CCN(S(=O)(=O)c2ccc(Cl)s2)C1. The van der Waals surface area contributed by atoms with Crippen LogP contribution in [0, 0.1) is 0 Å². The van der Waals surface area contributed by atoms with E-state index in [9.17, 15) is 18.0 Å². The summed E-state index contributed by atoms with van der Waals surface area (Å²) in [6, 6.07) is 2.13. The molecule has 1 aromatic heterocycles. The minimum Gasteiger partial charge on any atom is -0.329 e. The number of hydrogen-bond donors (Lipinski definition) is 1. The van der Waals surface area contributed by atoms with Crippen molar-refractivity contribution in [1.29, 1.82) is 0 Å². The van der Waals surface area contributed by atoms with E-state index in [4.69, 9.17) is 11.6 Å². The van der Waals surface area contributed by atoms with Gasteiger partial charge in [0.05, 0.1) is 16.9 Å². The fourth-order valence-corrected chi connectivity index (χ4v) is 5.64. The molecule has 2 fully saturated rings. The maximum absolute atomic E-state index is 12.4. The Bertz CT molecular complexity index is 686. The van der Waals surface area contributed by atoms with Crippen molar-refractivity contribution in [1.82, 2.24) is 14.5 Å². The standard InChI is InChI=1S/C11H12ClN3O4S2/c12-8-1-2-10(20-8)21(18,19)14-4-3-7(6-14)15-9(16)5-13-11(15)17/h1-2,7H,3-6H2,(H,13,17). The molecular formula is C11H12ClN3O4S2. The molecule has 1 unspecified atom stereocenters. The third-order valence-electron chi connectivity index (χ3n) is 3.51. The summed E-state index contributed by atoms with van der Waals surface area (Å²) in [7, 11) is -3.62. The summed E-state index contributed by atoms with van der Waals surface area (Å²) < 4.78 is 26.8. The van der Waals surface area contributed by atoms with Gasteiger partial charge in [-0.15, -0.1) is 11.3 Å². The lowest BCUT2D eigenvalue weighted by atomic mass is 10.2. The van der Waals surface area contributed by atoms with E-state index in [2.05, 4.69) is 5.32 Å². The Morgan fingerprint density at radius 1 is 1.33 bits per heavy atom. The van der Waals surface area contributed by atoms with Crippen molar-refractivity contribution in [2.75, 3.05) is 19.6 Å². The van der Waals surface area contributed by atoms with Crippen LogP contribution in [0.3, 0.4) is 0 Å². The van der Waals surface area contributed by atoms with Gasteiger partial charge in [0.15, 0.2) is 0 Å². The summed E-state index contributed by atoms with van der Waals surface area (Å²) in [6.45, 7) is 0.374. The maximum Gasteiger partial charge on any atom is 0.324 e. The van der Waals surface area contributed by atoms with Gasteiger partial charge in [0.25, 0.3) is 10.0 Å². The molecule has 0 aliphatic carbocycles. The second kappa shape index (κ2) is 5.24. The Kier molecular flexibility index (Phi) is 3.68. The Morgan fingerprint density at radius 2 is 2.10 bits per heavy atom. The van der Waals surface area contributed by atoms with Gasteiger partial charge in [-0.2, -0.15) is 4.31 Å². The summed E-state index contributed by atoms with van der Waals surface area (Å²) in [6.07, 6.45) is 0.442. The molecule has 0 bridgehead atoms. The number of carbonyl (C=O) groups is 2. The number of rotatable bonds is 3. The van der Waals surface area contributed by atoms with Crippen LogP contribution in [0.2, 0.25) is 4.34 Å². The molecule has 0 spiro atoms. The summed E-state index contributed by atoms with van der Waals surface area (Å²) in [4.78, 5) is 24.4. The van der Waals surface area contributed by atoms with Crippen LogP contribution in [0.5, 0.6) is 0 Å². The van der Waals surface area contributed by atoms with Gasteiger partial charge in [0.2, 0.25) is 5.91 Å². The van der Waals surface area contributed by atoms with Crippen LogP contribution in [-0.2, 0) is 14.8 Å². The number of sulfonamides is 1. The highest BCUT2D eigenvalue weighted by atomic mass is 35.5. The molecule has 114 valence electrons. The van der Waals surface area contributed by atoms with Crippen molar-refractivity contribution >= 4 is 44.9 Å². The molecule has 10 heteroatoms. The minimum atomic E-state index is -3.62. The maximum atomic E-state index is 12.4. The Labute approximate surface area is 130 Å². The van der Waals surface area contributed by atoms with Crippen LogP contribution in [0.25, 0.3) is 0 Å². The van der Waals surface area contributed by atoms with E-state index in [1.807, 2.05) is 0 Å². The monoisotopic (exact) mass is 349 g/mol. The predicted octanol–water partition coefficient (Wildman–Crippen LogP) is 0.716. The quantitative estimate of drug-likeness (QED) is 0.814. The van der Waals surface area contributed by atoms with Crippen LogP contribution in [0.1, 0.15) is 6.42 Å². The lowest BCUT2D eigenvalue weighted by molar-refractivity contribution is -0.126. The molecule has 1 aromatic rings. The average Bonchev–Trinajstić information content (AvgIpc) is 3.11. The van der Waals surface area contributed by atoms with Crippen molar-refractivity contribution in [3.05, 3.63) is 16.5 Å². The van der Waals surface area contributed by atoms with Gasteiger partial charge >= 0.3 is 6.03 Å². The number of carbonyl (C=O) groups excluding carboxylic acids is 2. The zero-order chi connectivity index (χ0) is 15.2. The molecule has 7 nitrogen and oxygen atoms in total.